The molecule has 2 aliphatic carbocycles. The van der Waals surface area contributed by atoms with Crippen LogP contribution in [0.15, 0.2) is 0 Å². The summed E-state index contributed by atoms with van der Waals surface area (Å²) in [6.45, 7) is 1.31. The Morgan fingerprint density at radius 3 is 1.87 bits per heavy atom. The monoisotopic (exact) mass is 209 g/mol. The molecule has 0 heterocycles. The fraction of sp³-hybridized carbons (Fsp3) is 1.00. The van der Waals surface area contributed by atoms with Crippen molar-refractivity contribution >= 4 is 0 Å². The van der Waals surface area contributed by atoms with E-state index >= 15 is 0 Å². The van der Waals surface area contributed by atoms with Crippen molar-refractivity contribution in [1.29, 1.82) is 0 Å². The summed E-state index contributed by atoms with van der Waals surface area (Å²) in [5.41, 5.74) is 0. The van der Waals surface area contributed by atoms with E-state index in [2.05, 4.69) is 5.32 Å². The highest BCUT2D eigenvalue weighted by Gasteiger charge is 2.17. The molecule has 1 nitrogen and oxygen atoms in total. The number of hydrogen-bond acceptors (Lipinski definition) is 1. The number of nitrogens with one attached hydrogen (secondary N) is 1. The fourth-order valence-corrected chi connectivity index (χ4v) is 3.21. The van der Waals surface area contributed by atoms with E-state index in [9.17, 15) is 0 Å². The molecule has 0 spiro atoms. The summed E-state index contributed by atoms with van der Waals surface area (Å²) in [5, 5.41) is 3.80. The van der Waals surface area contributed by atoms with E-state index in [1.807, 2.05) is 0 Å². The molecule has 2 fully saturated rings. The first-order valence-corrected chi connectivity index (χ1v) is 7.18. The van der Waals surface area contributed by atoms with Crippen molar-refractivity contribution in [2.24, 2.45) is 5.92 Å². The molecule has 0 aromatic heterocycles. The Morgan fingerprint density at radius 1 is 0.667 bits per heavy atom. The third-order valence-electron chi connectivity index (χ3n) is 4.28. The van der Waals surface area contributed by atoms with Crippen molar-refractivity contribution in [2.75, 3.05) is 6.54 Å². The van der Waals surface area contributed by atoms with Gasteiger partial charge in [0.2, 0.25) is 0 Å². The molecule has 88 valence electrons. The molecular weight excluding hydrogens is 182 g/mol. The van der Waals surface area contributed by atoms with Gasteiger partial charge in [-0.1, -0.05) is 44.9 Å². The molecule has 0 aliphatic heterocycles. The molecule has 2 aliphatic rings. The van der Waals surface area contributed by atoms with Crippen LogP contribution in [0.2, 0.25) is 0 Å². The maximum atomic E-state index is 3.80. The van der Waals surface area contributed by atoms with Crippen LogP contribution in [0.4, 0.5) is 0 Å². The van der Waals surface area contributed by atoms with Crippen LogP contribution >= 0.6 is 0 Å². The molecule has 0 aromatic rings. The van der Waals surface area contributed by atoms with Crippen molar-refractivity contribution in [2.45, 2.75) is 76.7 Å². The zero-order valence-corrected chi connectivity index (χ0v) is 10.1. The normalized spacial score (nSPS) is 26.4. The van der Waals surface area contributed by atoms with Crippen molar-refractivity contribution < 1.29 is 0 Å². The Balaban J connectivity index is 1.62. The number of hydrogen-bond donors (Lipinski definition) is 1. The minimum atomic E-state index is 0.871. The van der Waals surface area contributed by atoms with Gasteiger partial charge >= 0.3 is 0 Å². The van der Waals surface area contributed by atoms with Gasteiger partial charge in [0.25, 0.3) is 0 Å². The molecule has 0 atom stereocenters. The SMILES string of the molecule is C1CCCC(CNC2CCCC2)CCC1. The van der Waals surface area contributed by atoms with E-state index in [0.717, 1.165) is 12.0 Å². The molecule has 0 unspecified atom stereocenters. The van der Waals surface area contributed by atoms with Gasteiger partial charge in [-0.25, -0.2) is 0 Å². The van der Waals surface area contributed by atoms with Gasteiger partial charge in [0, 0.05) is 6.04 Å². The Labute approximate surface area is 95.0 Å². The lowest BCUT2D eigenvalue weighted by molar-refractivity contribution is 0.344. The maximum absolute atomic E-state index is 3.80. The third kappa shape index (κ3) is 4.14. The smallest absolute Gasteiger partial charge is 0.00671 e. The van der Waals surface area contributed by atoms with Gasteiger partial charge in [0.15, 0.2) is 0 Å². The number of rotatable bonds is 3. The van der Waals surface area contributed by atoms with Crippen molar-refractivity contribution in [3.63, 3.8) is 0 Å². The highest BCUT2D eigenvalue weighted by atomic mass is 14.9. The quantitative estimate of drug-likeness (QED) is 0.744. The van der Waals surface area contributed by atoms with Gasteiger partial charge in [-0.05, 0) is 38.1 Å². The lowest BCUT2D eigenvalue weighted by Crippen LogP contribution is -2.31. The summed E-state index contributed by atoms with van der Waals surface area (Å²) < 4.78 is 0. The van der Waals surface area contributed by atoms with Gasteiger partial charge < -0.3 is 5.32 Å². The molecule has 0 aromatic carbocycles. The summed E-state index contributed by atoms with van der Waals surface area (Å²) in [7, 11) is 0. The minimum Gasteiger partial charge on any atom is -0.314 e. The van der Waals surface area contributed by atoms with E-state index in [0.29, 0.717) is 0 Å². The zero-order chi connectivity index (χ0) is 10.3. The molecular formula is C14H27N. The van der Waals surface area contributed by atoms with Gasteiger partial charge in [-0.3, -0.25) is 0 Å². The van der Waals surface area contributed by atoms with Crippen LogP contribution in [0.5, 0.6) is 0 Å². The molecule has 1 N–H and O–H groups in total. The van der Waals surface area contributed by atoms with Crippen LogP contribution in [0.25, 0.3) is 0 Å². The Kier molecular flexibility index (Phi) is 4.98. The van der Waals surface area contributed by atoms with Crippen molar-refractivity contribution in [3.05, 3.63) is 0 Å². The summed E-state index contributed by atoms with van der Waals surface area (Å²) in [6, 6.07) is 0.871. The molecule has 1 heteroatoms. The maximum Gasteiger partial charge on any atom is 0.00671 e. The topological polar surface area (TPSA) is 12.0 Å². The van der Waals surface area contributed by atoms with E-state index in [4.69, 9.17) is 0 Å². The standard InChI is InChI=1S/C14H27N/c1-2-4-8-13(9-5-3-1)12-15-14-10-6-7-11-14/h13-15H,1-12H2. The second kappa shape index (κ2) is 6.52. The third-order valence-corrected chi connectivity index (χ3v) is 4.28. The molecule has 2 rings (SSSR count). The van der Waals surface area contributed by atoms with Crippen LogP contribution in [0, 0.1) is 5.92 Å². The molecule has 15 heavy (non-hydrogen) atoms. The zero-order valence-electron chi connectivity index (χ0n) is 10.1. The Morgan fingerprint density at radius 2 is 1.20 bits per heavy atom. The first-order chi connectivity index (χ1) is 7.45. The summed E-state index contributed by atoms with van der Waals surface area (Å²) in [6.07, 6.45) is 16.2. The van der Waals surface area contributed by atoms with Crippen LogP contribution in [0.3, 0.4) is 0 Å². The van der Waals surface area contributed by atoms with Gasteiger partial charge in [-0.2, -0.15) is 0 Å². The second-order valence-electron chi connectivity index (χ2n) is 5.60. The van der Waals surface area contributed by atoms with Crippen molar-refractivity contribution in [3.8, 4) is 0 Å². The molecule has 0 bridgehead atoms. The lowest BCUT2D eigenvalue weighted by atomic mass is 9.91. The van der Waals surface area contributed by atoms with Crippen LogP contribution < -0.4 is 5.32 Å². The van der Waals surface area contributed by atoms with Crippen LogP contribution in [-0.4, -0.2) is 12.6 Å². The predicted octanol–water partition coefficient (Wildman–Crippen LogP) is 3.88. The lowest BCUT2D eigenvalue weighted by Gasteiger charge is -2.22. The Hall–Kier alpha value is -0.0400. The van der Waals surface area contributed by atoms with E-state index in [1.165, 1.54) is 77.2 Å². The van der Waals surface area contributed by atoms with E-state index in [-0.39, 0.29) is 0 Å². The minimum absolute atomic E-state index is 0.871. The molecule has 2 saturated carbocycles. The average molecular weight is 209 g/mol. The predicted molar refractivity (Wildman–Crippen MR) is 66.1 cm³/mol. The van der Waals surface area contributed by atoms with E-state index in [1.54, 1.807) is 0 Å². The Bertz CT molecular complexity index is 153. The summed E-state index contributed by atoms with van der Waals surface area (Å²) >= 11 is 0. The highest BCUT2D eigenvalue weighted by Crippen LogP contribution is 2.23. The first-order valence-electron chi connectivity index (χ1n) is 7.18. The van der Waals surface area contributed by atoms with Gasteiger partial charge in [0.1, 0.15) is 0 Å². The second-order valence-corrected chi connectivity index (χ2v) is 5.60. The fourth-order valence-electron chi connectivity index (χ4n) is 3.21. The highest BCUT2D eigenvalue weighted by molar-refractivity contribution is 4.75. The summed E-state index contributed by atoms with van der Waals surface area (Å²) in [4.78, 5) is 0. The summed E-state index contributed by atoms with van der Waals surface area (Å²) in [5.74, 6) is 0.992. The van der Waals surface area contributed by atoms with Crippen LogP contribution in [-0.2, 0) is 0 Å². The molecule has 0 saturated heterocycles. The molecule has 0 amide bonds. The van der Waals surface area contributed by atoms with Crippen LogP contribution in [0.1, 0.15) is 70.6 Å². The molecule has 0 radical (unpaired) electrons. The average Bonchev–Trinajstić information content (AvgIpc) is 2.68. The first kappa shape index (κ1) is 11.4. The van der Waals surface area contributed by atoms with E-state index < -0.39 is 0 Å². The van der Waals surface area contributed by atoms with Gasteiger partial charge in [0.05, 0.1) is 0 Å². The van der Waals surface area contributed by atoms with Gasteiger partial charge in [-0.15, -0.1) is 0 Å². The van der Waals surface area contributed by atoms with Crippen molar-refractivity contribution in [1.82, 2.24) is 5.32 Å². The largest absolute Gasteiger partial charge is 0.314 e.